The van der Waals surface area contributed by atoms with Crippen LogP contribution in [0.5, 0.6) is 0 Å². The molecule has 0 amide bonds. The van der Waals surface area contributed by atoms with E-state index in [1.807, 2.05) is 36.4 Å². The number of carboxylic acids is 1. The van der Waals surface area contributed by atoms with Crippen molar-refractivity contribution in [3.05, 3.63) is 53.2 Å². The fourth-order valence-corrected chi connectivity index (χ4v) is 3.03. The van der Waals surface area contributed by atoms with Gasteiger partial charge < -0.3 is 5.11 Å². The second-order valence-electron chi connectivity index (χ2n) is 6.26. The third-order valence-electron chi connectivity index (χ3n) is 3.44. The molecule has 0 saturated heterocycles. The molecule has 1 aromatic carbocycles. The zero-order valence-electron chi connectivity index (χ0n) is 13.1. The molecule has 1 N–H and O–H groups in total. The van der Waals surface area contributed by atoms with E-state index in [-0.39, 0.29) is 11.1 Å². The monoisotopic (exact) mass is 327 g/mol. The van der Waals surface area contributed by atoms with E-state index < -0.39 is 5.97 Å². The molecule has 0 spiro atoms. The average Bonchev–Trinajstić information content (AvgIpc) is 3.14. The topological polar surface area (TPSA) is 68.0 Å². The molecule has 0 aliphatic carbocycles. The smallest absolute Gasteiger partial charge is 0.355 e. The summed E-state index contributed by atoms with van der Waals surface area (Å²) < 4.78 is 1.75. The fraction of sp³-hybridized carbons (Fsp3) is 0.235. The van der Waals surface area contributed by atoms with Crippen molar-refractivity contribution in [3.8, 4) is 16.4 Å². The van der Waals surface area contributed by atoms with Crippen molar-refractivity contribution in [3.63, 3.8) is 0 Å². The Balaban J connectivity index is 2.14. The van der Waals surface area contributed by atoms with Crippen LogP contribution in [0.2, 0.25) is 0 Å². The van der Waals surface area contributed by atoms with Gasteiger partial charge in [0, 0.05) is 16.4 Å². The van der Waals surface area contributed by atoms with E-state index in [1.165, 1.54) is 16.7 Å². The molecule has 6 heteroatoms. The van der Waals surface area contributed by atoms with Crippen molar-refractivity contribution in [2.45, 2.75) is 26.2 Å². The van der Waals surface area contributed by atoms with Gasteiger partial charge in [0.2, 0.25) is 5.13 Å². The van der Waals surface area contributed by atoms with E-state index in [0.29, 0.717) is 5.13 Å². The first kappa shape index (κ1) is 15.4. The summed E-state index contributed by atoms with van der Waals surface area (Å²) in [6, 6.07) is 11.9. The van der Waals surface area contributed by atoms with Gasteiger partial charge in [-0.15, -0.1) is 11.3 Å². The summed E-state index contributed by atoms with van der Waals surface area (Å²) in [6.45, 7) is 6.29. The number of rotatable bonds is 3. The Morgan fingerprint density at radius 1 is 1.22 bits per heavy atom. The molecule has 0 aliphatic rings. The summed E-state index contributed by atoms with van der Waals surface area (Å²) in [6.07, 6.45) is 0. The van der Waals surface area contributed by atoms with Gasteiger partial charge in [-0.3, -0.25) is 0 Å². The van der Waals surface area contributed by atoms with E-state index in [2.05, 4.69) is 30.9 Å². The van der Waals surface area contributed by atoms with Crippen molar-refractivity contribution in [1.82, 2.24) is 14.8 Å². The number of thiazole rings is 1. The lowest BCUT2D eigenvalue weighted by Gasteiger charge is -2.18. The first-order valence-corrected chi connectivity index (χ1v) is 8.09. The van der Waals surface area contributed by atoms with E-state index >= 15 is 0 Å². The first-order chi connectivity index (χ1) is 10.9. The Morgan fingerprint density at radius 3 is 2.48 bits per heavy atom. The van der Waals surface area contributed by atoms with Crippen molar-refractivity contribution >= 4 is 17.3 Å². The number of nitrogens with zero attached hydrogens (tertiary/aromatic N) is 3. The number of hydrogen-bond acceptors (Lipinski definition) is 4. The second-order valence-corrected chi connectivity index (χ2v) is 7.10. The molecule has 0 bridgehead atoms. The van der Waals surface area contributed by atoms with Crippen molar-refractivity contribution in [1.29, 1.82) is 0 Å². The largest absolute Gasteiger partial charge is 0.476 e. The normalized spacial score (nSPS) is 11.6. The van der Waals surface area contributed by atoms with Crippen LogP contribution in [-0.2, 0) is 5.41 Å². The molecular formula is C17H17N3O2S. The number of hydrogen-bond donors (Lipinski definition) is 1. The van der Waals surface area contributed by atoms with Gasteiger partial charge in [-0.05, 0) is 6.07 Å². The van der Waals surface area contributed by atoms with Gasteiger partial charge in [-0.2, -0.15) is 5.10 Å². The second kappa shape index (κ2) is 5.62. The standard InChI is InChI=1S/C17H17N3O2S/c1-17(2,3)14-9-12(11-7-5-4-6-8-11)19-20(14)16-18-13(10-23-16)15(21)22/h4-10H,1-3H3,(H,21,22). The number of aromatic nitrogens is 3. The maximum Gasteiger partial charge on any atom is 0.355 e. The van der Waals surface area contributed by atoms with Gasteiger partial charge in [0.1, 0.15) is 0 Å². The van der Waals surface area contributed by atoms with Crippen LogP contribution in [0.3, 0.4) is 0 Å². The number of carboxylic acid groups (broad SMARTS) is 1. The lowest BCUT2D eigenvalue weighted by molar-refractivity contribution is 0.0691. The molecule has 0 fully saturated rings. The third kappa shape index (κ3) is 3.03. The molecular weight excluding hydrogens is 310 g/mol. The van der Waals surface area contributed by atoms with Crippen LogP contribution in [-0.4, -0.2) is 25.8 Å². The van der Waals surface area contributed by atoms with Crippen molar-refractivity contribution in [2.75, 3.05) is 0 Å². The van der Waals surface area contributed by atoms with E-state index in [0.717, 1.165) is 17.0 Å². The number of benzene rings is 1. The summed E-state index contributed by atoms with van der Waals surface area (Å²) in [5.41, 5.74) is 2.76. The average molecular weight is 327 g/mol. The molecule has 5 nitrogen and oxygen atoms in total. The van der Waals surface area contributed by atoms with Crippen LogP contribution >= 0.6 is 11.3 Å². The lowest BCUT2D eigenvalue weighted by Crippen LogP contribution is -2.17. The predicted molar refractivity (Wildman–Crippen MR) is 90.3 cm³/mol. The highest BCUT2D eigenvalue weighted by atomic mass is 32.1. The first-order valence-electron chi connectivity index (χ1n) is 7.21. The summed E-state index contributed by atoms with van der Waals surface area (Å²) in [5, 5.41) is 15.8. The predicted octanol–water partition coefficient (Wildman–Crippen LogP) is 3.99. The van der Waals surface area contributed by atoms with Crippen LogP contribution in [0.15, 0.2) is 41.8 Å². The molecule has 0 atom stereocenters. The minimum atomic E-state index is -1.03. The zero-order valence-corrected chi connectivity index (χ0v) is 14.0. The minimum absolute atomic E-state index is 0.0432. The molecule has 0 saturated carbocycles. The highest BCUT2D eigenvalue weighted by molar-refractivity contribution is 7.12. The minimum Gasteiger partial charge on any atom is -0.476 e. The zero-order chi connectivity index (χ0) is 16.6. The SMILES string of the molecule is CC(C)(C)c1cc(-c2ccccc2)nn1-c1nc(C(=O)O)cs1. The fourth-order valence-electron chi connectivity index (χ4n) is 2.27. The molecule has 118 valence electrons. The molecule has 2 aromatic heterocycles. The highest BCUT2D eigenvalue weighted by Gasteiger charge is 2.24. The van der Waals surface area contributed by atoms with Crippen LogP contribution in [0.1, 0.15) is 37.0 Å². The summed E-state index contributed by atoms with van der Waals surface area (Å²) >= 11 is 1.28. The molecule has 23 heavy (non-hydrogen) atoms. The quantitative estimate of drug-likeness (QED) is 0.790. The van der Waals surface area contributed by atoms with Crippen LogP contribution in [0.25, 0.3) is 16.4 Å². The van der Waals surface area contributed by atoms with Gasteiger partial charge in [0.25, 0.3) is 0 Å². The maximum atomic E-state index is 11.1. The Morgan fingerprint density at radius 2 is 1.91 bits per heavy atom. The summed E-state index contributed by atoms with van der Waals surface area (Å²) in [5.74, 6) is -1.03. The van der Waals surface area contributed by atoms with Gasteiger partial charge in [-0.25, -0.2) is 14.5 Å². The molecule has 2 heterocycles. The Labute approximate surface area is 138 Å². The van der Waals surface area contributed by atoms with Gasteiger partial charge in [0.05, 0.1) is 11.4 Å². The Hall–Kier alpha value is -2.47. The van der Waals surface area contributed by atoms with Crippen LogP contribution in [0.4, 0.5) is 0 Å². The number of aromatic carboxylic acids is 1. The third-order valence-corrected chi connectivity index (χ3v) is 4.26. The van der Waals surface area contributed by atoms with Crippen molar-refractivity contribution < 1.29 is 9.90 Å². The van der Waals surface area contributed by atoms with E-state index in [1.54, 1.807) is 4.68 Å². The molecule has 0 unspecified atom stereocenters. The molecule has 3 rings (SSSR count). The maximum absolute atomic E-state index is 11.1. The summed E-state index contributed by atoms with van der Waals surface area (Å²) in [4.78, 5) is 15.2. The summed E-state index contributed by atoms with van der Waals surface area (Å²) in [7, 11) is 0. The van der Waals surface area contributed by atoms with Crippen LogP contribution in [0, 0.1) is 0 Å². The highest BCUT2D eigenvalue weighted by Crippen LogP contribution is 2.30. The molecule has 0 aliphatic heterocycles. The van der Waals surface area contributed by atoms with Crippen molar-refractivity contribution in [2.24, 2.45) is 0 Å². The lowest BCUT2D eigenvalue weighted by atomic mass is 9.91. The van der Waals surface area contributed by atoms with Gasteiger partial charge in [0.15, 0.2) is 5.69 Å². The Bertz CT molecular complexity index is 844. The molecule has 0 radical (unpaired) electrons. The van der Waals surface area contributed by atoms with E-state index in [9.17, 15) is 4.79 Å². The Kier molecular flexibility index (Phi) is 3.77. The van der Waals surface area contributed by atoms with Gasteiger partial charge >= 0.3 is 5.97 Å². The van der Waals surface area contributed by atoms with Crippen LogP contribution < -0.4 is 0 Å². The molecule has 3 aromatic rings. The van der Waals surface area contributed by atoms with Gasteiger partial charge in [-0.1, -0.05) is 51.1 Å². The van der Waals surface area contributed by atoms with E-state index in [4.69, 9.17) is 5.11 Å². The number of carbonyl (C=O) groups is 1.